The van der Waals surface area contributed by atoms with E-state index in [1.54, 1.807) is 6.08 Å². The predicted molar refractivity (Wildman–Crippen MR) is 253 cm³/mol. The molecule has 0 bridgehead atoms. The number of aliphatic hydroxyl groups is 3. The Labute approximate surface area is 396 Å². The SMILES string of the molecule is CC/C=C/CC(O)/C=C/C=C/CCCCCCCC(=O)O[C@H](COC(=O)CCCCCCCCCCCCC(C)C)COP(=O)(O)OP(=O)(O)OC[C@H]1O[C@@H](n2ccc(N)nc2=O)[C@H](O)[C@@H]1O. The van der Waals surface area contributed by atoms with E-state index in [2.05, 4.69) is 23.1 Å². The van der Waals surface area contributed by atoms with E-state index in [-0.39, 0.29) is 18.7 Å². The van der Waals surface area contributed by atoms with Gasteiger partial charge < -0.3 is 45.1 Å². The van der Waals surface area contributed by atoms with E-state index in [0.29, 0.717) is 19.3 Å². The van der Waals surface area contributed by atoms with Gasteiger partial charge in [0, 0.05) is 19.0 Å². The number of unbranched alkanes of at least 4 members (excludes halogenated alkanes) is 14. The number of aromatic nitrogens is 2. The Morgan fingerprint density at radius 1 is 0.821 bits per heavy atom. The number of anilines is 1. The van der Waals surface area contributed by atoms with Crippen molar-refractivity contribution in [2.24, 2.45) is 5.92 Å². The molecule has 0 radical (unpaired) electrons. The second kappa shape index (κ2) is 34.3. The fraction of sp³-hybridized carbons (Fsp3) is 0.739. The minimum absolute atomic E-state index is 0.00410. The monoisotopic (exact) mass is 991 g/mol. The van der Waals surface area contributed by atoms with Crippen molar-refractivity contribution in [2.75, 3.05) is 25.6 Å². The van der Waals surface area contributed by atoms with E-state index in [9.17, 15) is 48.6 Å². The van der Waals surface area contributed by atoms with Gasteiger partial charge in [-0.1, -0.05) is 141 Å². The van der Waals surface area contributed by atoms with Crippen LogP contribution < -0.4 is 11.4 Å². The van der Waals surface area contributed by atoms with Crippen molar-refractivity contribution in [3.63, 3.8) is 0 Å². The summed E-state index contributed by atoms with van der Waals surface area (Å²) >= 11 is 0. The molecule has 1 aliphatic heterocycles. The number of esters is 2. The third kappa shape index (κ3) is 28.3. The summed E-state index contributed by atoms with van der Waals surface area (Å²) in [5, 5.41) is 30.8. The van der Waals surface area contributed by atoms with Crippen LogP contribution in [0.2, 0.25) is 0 Å². The van der Waals surface area contributed by atoms with Crippen LogP contribution in [0, 0.1) is 5.92 Å². The first-order chi connectivity index (χ1) is 31.9. The van der Waals surface area contributed by atoms with E-state index in [1.807, 2.05) is 37.3 Å². The molecule has 0 aliphatic carbocycles. The van der Waals surface area contributed by atoms with Gasteiger partial charge in [0.1, 0.15) is 30.7 Å². The van der Waals surface area contributed by atoms with Crippen molar-refractivity contribution in [3.8, 4) is 0 Å². The maximum absolute atomic E-state index is 12.8. The van der Waals surface area contributed by atoms with Crippen molar-refractivity contribution in [1.29, 1.82) is 0 Å². The van der Waals surface area contributed by atoms with Gasteiger partial charge >= 0.3 is 33.3 Å². The molecule has 19 nitrogen and oxygen atoms in total. The molecule has 1 aromatic rings. The maximum Gasteiger partial charge on any atom is 0.481 e. The third-order valence-corrected chi connectivity index (χ3v) is 13.3. The second-order valence-electron chi connectivity index (χ2n) is 17.3. The zero-order valence-corrected chi connectivity index (χ0v) is 41.5. The van der Waals surface area contributed by atoms with Gasteiger partial charge in [0.2, 0.25) is 0 Å². The Balaban J connectivity index is 1.84. The van der Waals surface area contributed by atoms with Crippen LogP contribution in [0.3, 0.4) is 0 Å². The lowest BCUT2D eigenvalue weighted by atomic mass is 10.0. The lowest BCUT2D eigenvalue weighted by Gasteiger charge is -2.21. The molecule has 21 heteroatoms. The molecule has 1 fully saturated rings. The number of nitrogen functional groups attached to an aromatic ring is 1. The number of rotatable bonds is 38. The lowest BCUT2D eigenvalue weighted by molar-refractivity contribution is -0.161. The second-order valence-corrected chi connectivity index (χ2v) is 20.3. The zero-order valence-electron chi connectivity index (χ0n) is 39.7. The van der Waals surface area contributed by atoms with Crippen molar-refractivity contribution in [1.82, 2.24) is 9.55 Å². The number of ether oxygens (including phenoxy) is 3. The Morgan fingerprint density at radius 3 is 2.04 bits per heavy atom. The summed E-state index contributed by atoms with van der Waals surface area (Å²) in [7, 11) is -10.9. The average molecular weight is 992 g/mol. The van der Waals surface area contributed by atoms with Crippen LogP contribution in [0.4, 0.5) is 5.82 Å². The number of allylic oxidation sites excluding steroid dienone is 4. The van der Waals surface area contributed by atoms with Gasteiger partial charge in [-0.3, -0.25) is 23.2 Å². The summed E-state index contributed by atoms with van der Waals surface area (Å²) in [4.78, 5) is 61.8. The normalized spacial score (nSPS) is 20.4. The molecule has 0 aromatic carbocycles. The van der Waals surface area contributed by atoms with Crippen molar-refractivity contribution >= 4 is 33.4 Å². The number of nitrogens with zero attached hydrogens (tertiary/aromatic N) is 2. The molecule has 1 aromatic heterocycles. The Bertz CT molecular complexity index is 1790. The Hall–Kier alpha value is -3.06. The summed E-state index contributed by atoms with van der Waals surface area (Å²) in [6.45, 7) is 4.18. The standard InChI is InChI=1S/C46H79N3O16P2/c1-4-5-21-27-37(50)28-23-18-14-10-8-12-16-20-25-30-42(52)63-38(33-60-41(51)29-24-19-15-11-7-6-9-13-17-22-26-36(2)3)34-61-66(56,57)65-67(58,59)62-35-39-43(53)44(54)45(64-39)49-32-31-40(47)48-46(49)55/h5,14,18,21,23,28,31-32,36-39,43-45,50,53-54H,4,6-13,15-17,19-20,22,24-27,29-30,33-35H2,1-3H3,(H,56,57)(H,58,59)(H2,47,48,55)/b18-14+,21-5+,28-23+/t37?,38-,39-,43-,44-,45-/m1/s1. The van der Waals surface area contributed by atoms with Gasteiger partial charge in [0.25, 0.3) is 0 Å². The highest BCUT2D eigenvalue weighted by molar-refractivity contribution is 7.61. The molecular weight excluding hydrogens is 912 g/mol. The van der Waals surface area contributed by atoms with E-state index in [4.69, 9.17) is 29.0 Å². The highest BCUT2D eigenvalue weighted by atomic mass is 31.3. The van der Waals surface area contributed by atoms with E-state index in [1.165, 1.54) is 44.6 Å². The van der Waals surface area contributed by atoms with Crippen molar-refractivity contribution < 1.29 is 71.4 Å². The van der Waals surface area contributed by atoms with E-state index < -0.39 is 89.8 Å². The van der Waals surface area contributed by atoms with Crippen molar-refractivity contribution in [3.05, 3.63) is 59.2 Å². The topological polar surface area (TPSA) is 286 Å². The fourth-order valence-electron chi connectivity index (χ4n) is 7.00. The maximum atomic E-state index is 12.8. The number of carbonyl (C=O) groups excluding carboxylic acids is 2. The van der Waals surface area contributed by atoms with Crippen LogP contribution in [-0.4, -0.2) is 96.9 Å². The van der Waals surface area contributed by atoms with Gasteiger partial charge in [-0.2, -0.15) is 9.29 Å². The van der Waals surface area contributed by atoms with Gasteiger partial charge in [0.15, 0.2) is 12.3 Å². The molecule has 3 unspecified atom stereocenters. The number of phosphoric ester groups is 2. The molecule has 1 aliphatic rings. The van der Waals surface area contributed by atoms with E-state index in [0.717, 1.165) is 80.9 Å². The first kappa shape index (κ1) is 60.1. The Kier molecular flexibility index (Phi) is 30.7. The van der Waals surface area contributed by atoms with Gasteiger partial charge in [-0.25, -0.2) is 13.9 Å². The predicted octanol–water partition coefficient (Wildman–Crippen LogP) is 8.05. The quantitative estimate of drug-likeness (QED) is 0.0120. The largest absolute Gasteiger partial charge is 0.481 e. The molecular formula is C46H79N3O16P2. The highest BCUT2D eigenvalue weighted by Crippen LogP contribution is 2.60. The number of hydrogen-bond donors (Lipinski definition) is 6. The molecule has 384 valence electrons. The first-order valence-electron chi connectivity index (χ1n) is 24.0. The van der Waals surface area contributed by atoms with Gasteiger partial charge in [-0.15, -0.1) is 0 Å². The molecule has 2 rings (SSSR count). The minimum Gasteiger partial charge on any atom is -0.462 e. The molecule has 7 N–H and O–H groups in total. The van der Waals surface area contributed by atoms with Gasteiger partial charge in [0.05, 0.1) is 19.3 Å². The van der Waals surface area contributed by atoms with Crippen LogP contribution in [0.1, 0.15) is 162 Å². The van der Waals surface area contributed by atoms with Crippen LogP contribution >= 0.6 is 15.6 Å². The number of hydrogen-bond acceptors (Lipinski definition) is 16. The number of carbonyl (C=O) groups is 2. The summed E-state index contributed by atoms with van der Waals surface area (Å²) in [6, 6.07) is 1.24. The highest BCUT2D eigenvalue weighted by Gasteiger charge is 2.46. The molecule has 1 saturated heterocycles. The lowest BCUT2D eigenvalue weighted by Crippen LogP contribution is -2.36. The molecule has 2 heterocycles. The van der Waals surface area contributed by atoms with Crippen LogP contribution in [0.5, 0.6) is 0 Å². The number of aliphatic hydroxyl groups excluding tert-OH is 3. The van der Waals surface area contributed by atoms with Crippen LogP contribution in [0.15, 0.2) is 53.5 Å². The summed E-state index contributed by atoms with van der Waals surface area (Å²) in [5.41, 5.74) is 4.57. The van der Waals surface area contributed by atoms with Crippen LogP contribution in [-0.2, 0) is 46.3 Å². The van der Waals surface area contributed by atoms with E-state index >= 15 is 0 Å². The molecule has 67 heavy (non-hydrogen) atoms. The number of nitrogens with two attached hydrogens (primary N) is 1. The molecule has 8 atom stereocenters. The minimum atomic E-state index is -5.44. The third-order valence-electron chi connectivity index (χ3n) is 10.7. The summed E-state index contributed by atoms with van der Waals surface area (Å²) in [6.07, 6.45) is 22.9. The van der Waals surface area contributed by atoms with Crippen LogP contribution in [0.25, 0.3) is 0 Å². The van der Waals surface area contributed by atoms with Crippen molar-refractivity contribution in [2.45, 2.75) is 192 Å². The zero-order chi connectivity index (χ0) is 49.5. The van der Waals surface area contributed by atoms with Gasteiger partial charge in [-0.05, 0) is 50.5 Å². The Morgan fingerprint density at radius 2 is 1.42 bits per heavy atom. The average Bonchev–Trinajstić information content (AvgIpc) is 3.54. The molecule has 0 spiro atoms. The molecule has 0 saturated carbocycles. The fourth-order valence-corrected chi connectivity index (χ4v) is 9.11. The molecule has 0 amide bonds. The summed E-state index contributed by atoms with van der Waals surface area (Å²) in [5.74, 6) is -0.606. The first-order valence-corrected chi connectivity index (χ1v) is 27.0. The smallest absolute Gasteiger partial charge is 0.462 e. The number of phosphoric acid groups is 2. The summed E-state index contributed by atoms with van der Waals surface area (Å²) < 4.78 is 56.6.